The summed E-state index contributed by atoms with van der Waals surface area (Å²) in [6, 6.07) is 12.4. The molecule has 0 spiro atoms. The Morgan fingerprint density at radius 3 is 2.28 bits per heavy atom. The third kappa shape index (κ3) is 2.85. The van der Waals surface area contributed by atoms with E-state index in [4.69, 9.17) is 5.11 Å². The summed E-state index contributed by atoms with van der Waals surface area (Å²) in [5, 5.41) is 24.4. The number of aliphatic hydroxyl groups excluding tert-OH is 1. The molecule has 0 saturated carbocycles. The summed E-state index contributed by atoms with van der Waals surface area (Å²) in [7, 11) is 0. The first kappa shape index (κ1) is 16.7. The van der Waals surface area contributed by atoms with Crippen molar-refractivity contribution in [2.24, 2.45) is 0 Å². The van der Waals surface area contributed by atoms with Crippen LogP contribution >= 0.6 is 0 Å². The molecule has 3 rings (SSSR count). The Balaban J connectivity index is 2.03. The number of carboxylic acids is 1. The van der Waals surface area contributed by atoms with Crippen LogP contribution in [0.25, 0.3) is 11.1 Å². The number of hydrogen-bond acceptors (Lipinski definition) is 4. The van der Waals surface area contributed by atoms with Gasteiger partial charge in [0.1, 0.15) is 11.6 Å². The molecule has 4 N–H and O–H groups in total. The second kappa shape index (κ2) is 6.03. The Hall–Kier alpha value is -3.19. The lowest BCUT2D eigenvalue weighted by atomic mass is 9.85. The van der Waals surface area contributed by atoms with E-state index >= 15 is 0 Å². The largest absolute Gasteiger partial charge is 0.478 e. The van der Waals surface area contributed by atoms with Crippen LogP contribution in [0.2, 0.25) is 0 Å². The summed E-state index contributed by atoms with van der Waals surface area (Å²) in [6.45, 7) is 1.45. The zero-order valence-corrected chi connectivity index (χ0v) is 13.3. The molecule has 1 fully saturated rings. The molecule has 0 aromatic heterocycles. The van der Waals surface area contributed by atoms with Gasteiger partial charge in [-0.2, -0.15) is 0 Å². The molecular weight excluding hydrogens is 324 g/mol. The maximum Gasteiger partial charge on any atom is 0.335 e. The Morgan fingerprint density at radius 1 is 1.08 bits per heavy atom. The summed E-state index contributed by atoms with van der Waals surface area (Å²) in [6.07, 6.45) is -1.28. The van der Waals surface area contributed by atoms with Crippen molar-refractivity contribution < 1.29 is 24.6 Å². The molecule has 0 bridgehead atoms. The van der Waals surface area contributed by atoms with E-state index < -0.39 is 29.6 Å². The quantitative estimate of drug-likeness (QED) is 0.632. The van der Waals surface area contributed by atoms with Gasteiger partial charge in [0.15, 0.2) is 0 Å². The minimum atomic E-state index is -1.49. The second-order valence-electron chi connectivity index (χ2n) is 5.98. The lowest BCUT2D eigenvalue weighted by Gasteiger charge is -2.28. The predicted molar refractivity (Wildman–Crippen MR) is 88.9 cm³/mol. The van der Waals surface area contributed by atoms with Crippen LogP contribution in [0.15, 0.2) is 48.5 Å². The maximum absolute atomic E-state index is 12.1. The van der Waals surface area contributed by atoms with Crippen molar-refractivity contribution in [3.05, 3.63) is 59.7 Å². The molecule has 2 atom stereocenters. The Bertz CT molecular complexity index is 862. The minimum absolute atomic E-state index is 0.149. The Kier molecular flexibility index (Phi) is 4.02. The topological polar surface area (TPSA) is 116 Å². The van der Waals surface area contributed by atoms with Crippen molar-refractivity contribution in [1.29, 1.82) is 0 Å². The average Bonchev–Trinajstić information content (AvgIpc) is 2.87. The van der Waals surface area contributed by atoms with Gasteiger partial charge in [0.25, 0.3) is 5.91 Å². The van der Waals surface area contributed by atoms with E-state index in [0.717, 1.165) is 0 Å². The third-order valence-corrected chi connectivity index (χ3v) is 4.32. The van der Waals surface area contributed by atoms with Gasteiger partial charge in [-0.3, -0.25) is 10.1 Å². The second-order valence-corrected chi connectivity index (χ2v) is 5.98. The molecule has 128 valence electrons. The van der Waals surface area contributed by atoms with Crippen LogP contribution in [0.4, 0.5) is 4.79 Å². The average molecular weight is 340 g/mol. The van der Waals surface area contributed by atoms with Crippen molar-refractivity contribution in [3.8, 4) is 11.1 Å². The molecule has 0 aliphatic carbocycles. The molecule has 25 heavy (non-hydrogen) atoms. The molecule has 7 nitrogen and oxygen atoms in total. The number of carboxylic acid groups (broad SMARTS) is 1. The van der Waals surface area contributed by atoms with Gasteiger partial charge in [-0.05, 0) is 35.7 Å². The van der Waals surface area contributed by atoms with E-state index in [0.29, 0.717) is 16.7 Å². The SMILES string of the molecule is CC1(C(O)c2ccccc2-c2ccc(C(=O)O)cc2)NC(=O)NC1=O. The van der Waals surface area contributed by atoms with Crippen molar-refractivity contribution in [1.82, 2.24) is 10.6 Å². The summed E-state index contributed by atoms with van der Waals surface area (Å²) < 4.78 is 0. The number of carbonyl (C=O) groups is 3. The molecule has 7 heteroatoms. The van der Waals surface area contributed by atoms with Crippen molar-refractivity contribution in [2.45, 2.75) is 18.6 Å². The smallest absolute Gasteiger partial charge is 0.335 e. The van der Waals surface area contributed by atoms with Gasteiger partial charge in [0.2, 0.25) is 0 Å². The van der Waals surface area contributed by atoms with Gasteiger partial charge in [-0.15, -0.1) is 0 Å². The Labute approximate surface area is 143 Å². The summed E-state index contributed by atoms with van der Waals surface area (Å²) in [4.78, 5) is 34.5. The number of amides is 3. The molecule has 0 radical (unpaired) electrons. The predicted octanol–water partition coefficient (Wildman–Crippen LogP) is 1.68. The number of carbonyl (C=O) groups excluding carboxylic acids is 2. The number of benzene rings is 2. The summed E-state index contributed by atoms with van der Waals surface area (Å²) in [5.41, 5.74) is 0.436. The summed E-state index contributed by atoms with van der Waals surface area (Å²) in [5.74, 6) is -1.64. The highest BCUT2D eigenvalue weighted by molar-refractivity contribution is 6.07. The highest BCUT2D eigenvalue weighted by Gasteiger charge is 2.48. The normalized spacial score (nSPS) is 20.7. The molecule has 2 aromatic carbocycles. The number of aromatic carboxylic acids is 1. The van der Waals surface area contributed by atoms with Crippen LogP contribution in [0, 0.1) is 0 Å². The van der Waals surface area contributed by atoms with Crippen LogP contribution in [-0.2, 0) is 4.79 Å². The van der Waals surface area contributed by atoms with Gasteiger partial charge in [0.05, 0.1) is 5.56 Å². The van der Waals surface area contributed by atoms with Gasteiger partial charge in [0, 0.05) is 0 Å². The zero-order chi connectivity index (χ0) is 18.2. The monoisotopic (exact) mass is 340 g/mol. The first-order valence-electron chi connectivity index (χ1n) is 7.57. The van der Waals surface area contributed by atoms with Crippen LogP contribution < -0.4 is 10.6 Å². The fourth-order valence-electron chi connectivity index (χ4n) is 2.85. The number of imide groups is 1. The van der Waals surface area contributed by atoms with Crippen LogP contribution in [0.5, 0.6) is 0 Å². The van der Waals surface area contributed by atoms with E-state index in [1.165, 1.54) is 19.1 Å². The Morgan fingerprint density at radius 2 is 1.72 bits per heavy atom. The minimum Gasteiger partial charge on any atom is -0.478 e. The van der Waals surface area contributed by atoms with Gasteiger partial charge in [-0.1, -0.05) is 36.4 Å². The zero-order valence-electron chi connectivity index (χ0n) is 13.3. The highest BCUT2D eigenvalue weighted by atomic mass is 16.4. The number of urea groups is 1. The fraction of sp³-hybridized carbons (Fsp3) is 0.167. The first-order chi connectivity index (χ1) is 11.8. The molecule has 1 aliphatic heterocycles. The van der Waals surface area contributed by atoms with Crippen LogP contribution in [0.1, 0.15) is 28.9 Å². The van der Waals surface area contributed by atoms with Gasteiger partial charge in [-0.25, -0.2) is 9.59 Å². The molecule has 1 aliphatic rings. The molecular formula is C18H16N2O5. The number of hydrogen-bond donors (Lipinski definition) is 4. The van der Waals surface area contributed by atoms with E-state index in [1.807, 2.05) is 0 Å². The van der Waals surface area contributed by atoms with Crippen LogP contribution in [0.3, 0.4) is 0 Å². The van der Waals surface area contributed by atoms with E-state index in [9.17, 15) is 19.5 Å². The van der Waals surface area contributed by atoms with Crippen LogP contribution in [-0.4, -0.2) is 33.7 Å². The highest BCUT2D eigenvalue weighted by Crippen LogP contribution is 2.35. The van der Waals surface area contributed by atoms with Crippen molar-refractivity contribution in [2.75, 3.05) is 0 Å². The molecule has 1 heterocycles. The van der Waals surface area contributed by atoms with E-state index in [2.05, 4.69) is 10.6 Å². The van der Waals surface area contributed by atoms with E-state index in [-0.39, 0.29) is 5.56 Å². The number of nitrogens with one attached hydrogen (secondary N) is 2. The molecule has 2 unspecified atom stereocenters. The van der Waals surface area contributed by atoms with Gasteiger partial charge < -0.3 is 15.5 Å². The molecule has 2 aromatic rings. The van der Waals surface area contributed by atoms with E-state index in [1.54, 1.807) is 36.4 Å². The molecule has 1 saturated heterocycles. The number of aliphatic hydroxyl groups is 1. The number of rotatable bonds is 4. The summed E-state index contributed by atoms with van der Waals surface area (Å²) >= 11 is 0. The van der Waals surface area contributed by atoms with Crippen molar-refractivity contribution >= 4 is 17.9 Å². The van der Waals surface area contributed by atoms with Gasteiger partial charge >= 0.3 is 12.0 Å². The standard InChI is InChI=1S/C18H16N2O5/c1-18(16(24)19-17(25)20-18)14(21)13-5-3-2-4-12(13)10-6-8-11(9-7-10)15(22)23/h2-9,14,21H,1H3,(H,22,23)(H2,19,20,24,25). The lowest BCUT2D eigenvalue weighted by molar-refractivity contribution is -0.127. The third-order valence-electron chi connectivity index (χ3n) is 4.32. The van der Waals surface area contributed by atoms with Crippen molar-refractivity contribution in [3.63, 3.8) is 0 Å². The fourth-order valence-corrected chi connectivity index (χ4v) is 2.85. The molecule has 3 amide bonds. The lowest BCUT2D eigenvalue weighted by Crippen LogP contribution is -2.49. The maximum atomic E-state index is 12.1. The first-order valence-corrected chi connectivity index (χ1v) is 7.57.